The number of aromatic nitrogens is 1. The second-order valence-electron chi connectivity index (χ2n) is 11.1. The number of hydrogen-bond acceptors (Lipinski definition) is 1. The summed E-state index contributed by atoms with van der Waals surface area (Å²) < 4.78 is 0. The molecule has 1 aromatic heterocycles. The van der Waals surface area contributed by atoms with E-state index in [-0.39, 0.29) is 0 Å². The molecule has 0 N–H and O–H groups in total. The lowest BCUT2D eigenvalue weighted by Gasteiger charge is -2.20. The molecule has 1 nitrogen and oxygen atoms in total. The van der Waals surface area contributed by atoms with Crippen LogP contribution in [-0.4, -0.2) is 4.98 Å². The van der Waals surface area contributed by atoms with E-state index in [0.717, 1.165) is 22.5 Å². The van der Waals surface area contributed by atoms with Gasteiger partial charge in [-0.2, -0.15) is 0 Å². The first kappa shape index (κ1) is 23.2. The molecule has 8 aromatic rings. The van der Waals surface area contributed by atoms with E-state index in [4.69, 9.17) is 4.98 Å². The molecule has 0 atom stereocenters. The molecule has 1 aliphatic rings. The second kappa shape index (κ2) is 8.99. The van der Waals surface area contributed by atoms with Crippen LogP contribution in [0, 0.1) is 0 Å². The van der Waals surface area contributed by atoms with Crippen molar-refractivity contribution in [3.63, 3.8) is 0 Å². The van der Waals surface area contributed by atoms with Gasteiger partial charge in [-0.05, 0) is 61.1 Å². The van der Waals surface area contributed by atoms with Crippen molar-refractivity contribution in [2.45, 2.75) is 0 Å². The van der Waals surface area contributed by atoms with Crippen LogP contribution in [0.2, 0.25) is 0 Å². The van der Waals surface area contributed by atoms with Crippen LogP contribution in [0.5, 0.6) is 0 Å². The fourth-order valence-electron chi connectivity index (χ4n) is 6.85. The summed E-state index contributed by atoms with van der Waals surface area (Å²) in [4.78, 5) is 5.62. The van der Waals surface area contributed by atoms with Gasteiger partial charge in [-0.25, -0.2) is 4.98 Å². The van der Waals surface area contributed by atoms with Crippen LogP contribution in [-0.2, 0) is 0 Å². The minimum Gasteiger partial charge on any atom is -0.246 e. The average Bonchev–Trinajstić information content (AvgIpc) is 3.40. The first-order valence-corrected chi connectivity index (χ1v) is 14.5. The quantitative estimate of drug-likeness (QED) is 0.221. The SMILES string of the molecule is c1ccc(-c2nc(-c3ccc4ccccc4c3)c3c(c2-c2ccc4ccccc4c2)-c2cccc4cccc-3c24)cc1. The van der Waals surface area contributed by atoms with E-state index in [2.05, 4.69) is 152 Å². The Hall–Kier alpha value is -5.53. The minimum absolute atomic E-state index is 1.01. The molecule has 0 bridgehead atoms. The summed E-state index contributed by atoms with van der Waals surface area (Å²) in [6.07, 6.45) is 0. The number of hydrogen-bond donors (Lipinski definition) is 0. The molecule has 0 radical (unpaired) electrons. The van der Waals surface area contributed by atoms with Gasteiger partial charge in [0.25, 0.3) is 0 Å². The lowest BCUT2D eigenvalue weighted by molar-refractivity contribution is 1.33. The van der Waals surface area contributed by atoms with Gasteiger partial charge >= 0.3 is 0 Å². The highest BCUT2D eigenvalue weighted by Crippen LogP contribution is 2.56. The van der Waals surface area contributed by atoms with Crippen molar-refractivity contribution in [2.24, 2.45) is 0 Å². The fourth-order valence-corrected chi connectivity index (χ4v) is 6.85. The molecule has 7 aromatic carbocycles. The molecule has 0 aliphatic heterocycles. The average molecular weight is 532 g/mol. The van der Waals surface area contributed by atoms with Crippen molar-refractivity contribution in [1.29, 1.82) is 0 Å². The van der Waals surface area contributed by atoms with Gasteiger partial charge in [0.05, 0.1) is 11.4 Å². The van der Waals surface area contributed by atoms with Crippen LogP contribution < -0.4 is 0 Å². The van der Waals surface area contributed by atoms with Gasteiger partial charge in [-0.15, -0.1) is 0 Å². The molecule has 0 unspecified atom stereocenters. The predicted octanol–water partition coefficient (Wildman–Crippen LogP) is 11.2. The maximum absolute atomic E-state index is 5.62. The zero-order valence-electron chi connectivity index (χ0n) is 22.9. The van der Waals surface area contributed by atoms with E-state index in [9.17, 15) is 0 Å². The summed E-state index contributed by atoms with van der Waals surface area (Å²) >= 11 is 0. The molecule has 0 saturated heterocycles. The largest absolute Gasteiger partial charge is 0.246 e. The maximum Gasteiger partial charge on any atom is 0.0795 e. The van der Waals surface area contributed by atoms with Crippen LogP contribution in [0.1, 0.15) is 0 Å². The Morgan fingerprint density at radius 2 is 0.833 bits per heavy atom. The molecular formula is C41H25N. The molecular weight excluding hydrogens is 506 g/mol. The Balaban J connectivity index is 1.46. The minimum atomic E-state index is 1.01. The zero-order valence-corrected chi connectivity index (χ0v) is 22.9. The summed E-state index contributed by atoms with van der Waals surface area (Å²) in [5.41, 5.74) is 11.7. The Morgan fingerprint density at radius 1 is 0.310 bits per heavy atom. The first-order valence-electron chi connectivity index (χ1n) is 14.5. The van der Waals surface area contributed by atoms with Crippen molar-refractivity contribution in [3.8, 4) is 55.9 Å². The van der Waals surface area contributed by atoms with Crippen LogP contribution in [0.3, 0.4) is 0 Å². The summed E-state index contributed by atoms with van der Waals surface area (Å²) in [7, 11) is 0. The summed E-state index contributed by atoms with van der Waals surface area (Å²) in [6, 6.07) is 54.8. The molecule has 9 rings (SSSR count). The van der Waals surface area contributed by atoms with E-state index in [0.29, 0.717) is 0 Å². The second-order valence-corrected chi connectivity index (χ2v) is 11.1. The van der Waals surface area contributed by atoms with Gasteiger partial charge in [0.1, 0.15) is 0 Å². The smallest absolute Gasteiger partial charge is 0.0795 e. The van der Waals surface area contributed by atoms with E-state index in [1.807, 2.05) is 0 Å². The Bertz CT molecular complexity index is 2340. The standard InChI is InChI=1S/C41H25N/c1-2-12-29(13-3-1)40-37(32-22-20-26-10-4-6-14-30(26)24-32)38-34-18-8-16-28-17-9-19-35(36(28)34)39(38)41(42-40)33-23-21-27-11-5-7-15-31(27)25-33/h1-25H. The third kappa shape index (κ3) is 3.41. The fraction of sp³-hybridized carbons (Fsp3) is 0. The predicted molar refractivity (Wildman–Crippen MR) is 177 cm³/mol. The van der Waals surface area contributed by atoms with Gasteiger partial charge in [0.15, 0.2) is 0 Å². The van der Waals surface area contributed by atoms with Crippen molar-refractivity contribution in [2.75, 3.05) is 0 Å². The van der Waals surface area contributed by atoms with Crippen LogP contribution in [0.25, 0.3) is 88.2 Å². The Morgan fingerprint density at radius 3 is 1.52 bits per heavy atom. The Kier molecular flexibility index (Phi) is 4.97. The lowest BCUT2D eigenvalue weighted by Crippen LogP contribution is -1.98. The van der Waals surface area contributed by atoms with E-state index < -0.39 is 0 Å². The van der Waals surface area contributed by atoms with E-state index >= 15 is 0 Å². The third-order valence-electron chi connectivity index (χ3n) is 8.75. The third-order valence-corrected chi connectivity index (χ3v) is 8.75. The van der Waals surface area contributed by atoms with Crippen molar-refractivity contribution < 1.29 is 0 Å². The molecule has 194 valence electrons. The van der Waals surface area contributed by atoms with E-state index in [1.165, 1.54) is 65.7 Å². The number of nitrogens with zero attached hydrogens (tertiary/aromatic N) is 1. The maximum atomic E-state index is 5.62. The summed E-state index contributed by atoms with van der Waals surface area (Å²) in [5, 5.41) is 7.50. The van der Waals surface area contributed by atoms with Gasteiger partial charge < -0.3 is 0 Å². The Labute approximate surface area is 244 Å². The van der Waals surface area contributed by atoms with Gasteiger partial charge in [0.2, 0.25) is 0 Å². The van der Waals surface area contributed by atoms with Crippen LogP contribution in [0.4, 0.5) is 0 Å². The molecule has 0 fully saturated rings. The van der Waals surface area contributed by atoms with Gasteiger partial charge in [-0.3, -0.25) is 0 Å². The molecule has 0 amide bonds. The summed E-state index contributed by atoms with van der Waals surface area (Å²) in [5.74, 6) is 0. The first-order chi connectivity index (χ1) is 20.8. The number of benzene rings is 7. The van der Waals surface area contributed by atoms with Gasteiger partial charge in [-0.1, -0.05) is 140 Å². The molecule has 42 heavy (non-hydrogen) atoms. The normalized spacial score (nSPS) is 11.8. The highest BCUT2D eigenvalue weighted by atomic mass is 14.7. The highest BCUT2D eigenvalue weighted by molar-refractivity contribution is 6.22. The lowest BCUT2D eigenvalue weighted by atomic mass is 9.87. The van der Waals surface area contributed by atoms with Gasteiger partial charge in [0, 0.05) is 27.8 Å². The monoisotopic (exact) mass is 531 g/mol. The summed E-state index contributed by atoms with van der Waals surface area (Å²) in [6.45, 7) is 0. The van der Waals surface area contributed by atoms with Crippen LogP contribution >= 0.6 is 0 Å². The molecule has 0 saturated carbocycles. The molecule has 1 heterocycles. The zero-order chi connectivity index (χ0) is 27.6. The highest BCUT2D eigenvalue weighted by Gasteiger charge is 2.31. The molecule has 1 heteroatoms. The van der Waals surface area contributed by atoms with Crippen LogP contribution in [0.15, 0.2) is 152 Å². The number of pyridine rings is 1. The molecule has 0 spiro atoms. The van der Waals surface area contributed by atoms with E-state index in [1.54, 1.807) is 0 Å². The topological polar surface area (TPSA) is 12.9 Å². The number of fused-ring (bicyclic) bond motifs is 5. The molecule has 1 aliphatic carbocycles. The van der Waals surface area contributed by atoms with Crippen molar-refractivity contribution in [1.82, 2.24) is 4.98 Å². The number of rotatable bonds is 3. The van der Waals surface area contributed by atoms with Crippen molar-refractivity contribution >= 4 is 32.3 Å². The van der Waals surface area contributed by atoms with Crippen molar-refractivity contribution in [3.05, 3.63) is 152 Å².